The van der Waals surface area contributed by atoms with Crippen molar-refractivity contribution in [3.8, 4) is 0 Å². The molecule has 2 atom stereocenters. The lowest BCUT2D eigenvalue weighted by Crippen LogP contribution is -2.39. The zero-order valence-electron chi connectivity index (χ0n) is 10.6. The van der Waals surface area contributed by atoms with Gasteiger partial charge in [-0.05, 0) is 31.4 Å². The van der Waals surface area contributed by atoms with Gasteiger partial charge < -0.3 is 4.90 Å². The van der Waals surface area contributed by atoms with Gasteiger partial charge in [-0.15, -0.1) is 0 Å². The molecule has 0 unspecified atom stereocenters. The first kappa shape index (κ1) is 10.8. The summed E-state index contributed by atoms with van der Waals surface area (Å²) in [6, 6.07) is 6.95. The van der Waals surface area contributed by atoms with Crippen LogP contribution in [0.4, 0.5) is 5.69 Å². The van der Waals surface area contributed by atoms with E-state index in [1.54, 1.807) is 6.92 Å². The Kier molecular flexibility index (Phi) is 2.46. The lowest BCUT2D eigenvalue weighted by atomic mass is 9.82. The summed E-state index contributed by atoms with van der Waals surface area (Å²) >= 11 is 0. The van der Waals surface area contributed by atoms with Crippen molar-refractivity contribution < 1.29 is 4.79 Å². The predicted octanol–water partition coefficient (Wildman–Crippen LogP) is 3.39. The van der Waals surface area contributed by atoms with Crippen molar-refractivity contribution in [1.29, 1.82) is 0 Å². The average molecular weight is 229 g/mol. The number of nitrogens with zero attached hydrogens (tertiary/aromatic N) is 1. The standard InChI is InChI=1S/C15H19NO/c1-10-7-8-15-13(9-10)12-5-3-4-6-14(12)16(15)11(2)17/h7-9,12,14H,3-6H2,1-2H3/t12-,14-/m1/s1. The van der Waals surface area contributed by atoms with Crippen LogP contribution < -0.4 is 4.90 Å². The van der Waals surface area contributed by atoms with Crippen molar-refractivity contribution in [2.45, 2.75) is 51.5 Å². The average Bonchev–Trinajstić information content (AvgIpc) is 2.63. The third kappa shape index (κ3) is 1.58. The molecular formula is C15H19NO. The normalized spacial score (nSPS) is 26.6. The molecule has 1 aromatic carbocycles. The van der Waals surface area contributed by atoms with Crippen molar-refractivity contribution in [2.75, 3.05) is 4.90 Å². The third-order valence-electron chi connectivity index (χ3n) is 4.24. The molecule has 2 nitrogen and oxygen atoms in total. The first-order valence-electron chi connectivity index (χ1n) is 6.59. The second kappa shape index (κ2) is 3.86. The van der Waals surface area contributed by atoms with Crippen LogP contribution in [-0.2, 0) is 4.79 Å². The molecule has 0 bridgehead atoms. The molecule has 1 saturated carbocycles. The van der Waals surface area contributed by atoms with Crippen LogP contribution in [0.15, 0.2) is 18.2 Å². The van der Waals surface area contributed by atoms with Gasteiger partial charge in [-0.3, -0.25) is 4.79 Å². The minimum atomic E-state index is 0.199. The minimum absolute atomic E-state index is 0.199. The smallest absolute Gasteiger partial charge is 0.224 e. The first-order valence-corrected chi connectivity index (χ1v) is 6.59. The van der Waals surface area contributed by atoms with Gasteiger partial charge in [0.1, 0.15) is 0 Å². The highest BCUT2D eigenvalue weighted by Gasteiger charge is 2.41. The number of fused-ring (bicyclic) bond motifs is 3. The van der Waals surface area contributed by atoms with Gasteiger partial charge >= 0.3 is 0 Å². The van der Waals surface area contributed by atoms with Crippen molar-refractivity contribution in [1.82, 2.24) is 0 Å². The molecule has 1 amide bonds. The largest absolute Gasteiger partial charge is 0.309 e. The maximum absolute atomic E-state index is 11.9. The molecule has 1 aliphatic heterocycles. The summed E-state index contributed by atoms with van der Waals surface area (Å²) in [6.45, 7) is 3.83. The van der Waals surface area contributed by atoms with Crippen molar-refractivity contribution in [3.05, 3.63) is 29.3 Å². The second-order valence-electron chi connectivity index (χ2n) is 5.41. The van der Waals surface area contributed by atoms with Crippen molar-refractivity contribution in [3.63, 3.8) is 0 Å². The van der Waals surface area contributed by atoms with E-state index < -0.39 is 0 Å². The molecule has 17 heavy (non-hydrogen) atoms. The Bertz CT molecular complexity index is 466. The van der Waals surface area contributed by atoms with Crippen molar-refractivity contribution in [2.24, 2.45) is 0 Å². The summed E-state index contributed by atoms with van der Waals surface area (Å²) in [5, 5.41) is 0. The van der Waals surface area contributed by atoms with E-state index in [0.717, 1.165) is 6.42 Å². The molecule has 1 aliphatic carbocycles. The molecule has 0 N–H and O–H groups in total. The molecular weight excluding hydrogens is 210 g/mol. The highest BCUT2D eigenvalue weighted by atomic mass is 16.2. The topological polar surface area (TPSA) is 20.3 Å². The van der Waals surface area contributed by atoms with Gasteiger partial charge in [0.25, 0.3) is 0 Å². The molecule has 0 radical (unpaired) electrons. The Morgan fingerprint density at radius 3 is 2.82 bits per heavy atom. The van der Waals surface area contributed by atoms with E-state index >= 15 is 0 Å². The van der Waals surface area contributed by atoms with Crippen LogP contribution >= 0.6 is 0 Å². The molecule has 90 valence electrons. The quantitative estimate of drug-likeness (QED) is 0.667. The van der Waals surface area contributed by atoms with Crippen LogP contribution in [-0.4, -0.2) is 11.9 Å². The van der Waals surface area contributed by atoms with Gasteiger partial charge in [-0.2, -0.15) is 0 Å². The van der Waals surface area contributed by atoms with Gasteiger partial charge in [0.2, 0.25) is 5.91 Å². The van der Waals surface area contributed by atoms with Gasteiger partial charge in [0, 0.05) is 24.6 Å². The number of aryl methyl sites for hydroxylation is 1. The number of carbonyl (C=O) groups is 1. The minimum Gasteiger partial charge on any atom is -0.309 e. The molecule has 0 aromatic heterocycles. The van der Waals surface area contributed by atoms with Crippen LogP contribution in [0.5, 0.6) is 0 Å². The van der Waals surface area contributed by atoms with Gasteiger partial charge in [-0.1, -0.05) is 30.5 Å². The van der Waals surface area contributed by atoms with E-state index in [1.165, 1.54) is 36.1 Å². The molecule has 3 rings (SSSR count). The highest BCUT2D eigenvalue weighted by Crippen LogP contribution is 2.47. The monoisotopic (exact) mass is 229 g/mol. The highest BCUT2D eigenvalue weighted by molar-refractivity contribution is 5.95. The fraction of sp³-hybridized carbons (Fsp3) is 0.533. The first-order chi connectivity index (χ1) is 8.18. The number of anilines is 1. The molecule has 0 saturated heterocycles. The van der Waals surface area contributed by atoms with Crippen LogP contribution in [0, 0.1) is 6.92 Å². The summed E-state index contributed by atoms with van der Waals surface area (Å²) in [5.74, 6) is 0.784. The van der Waals surface area contributed by atoms with Crippen LogP contribution in [0.25, 0.3) is 0 Å². The van der Waals surface area contributed by atoms with Crippen LogP contribution in [0.3, 0.4) is 0 Å². The molecule has 1 fully saturated rings. The van der Waals surface area contributed by atoms with E-state index in [1.807, 2.05) is 4.90 Å². The Morgan fingerprint density at radius 2 is 2.06 bits per heavy atom. The van der Waals surface area contributed by atoms with Gasteiger partial charge in [0.15, 0.2) is 0 Å². The number of hydrogen-bond donors (Lipinski definition) is 0. The zero-order chi connectivity index (χ0) is 12.0. The molecule has 1 aromatic rings. The number of amides is 1. The summed E-state index contributed by atoms with van der Waals surface area (Å²) < 4.78 is 0. The third-order valence-corrected chi connectivity index (χ3v) is 4.24. The fourth-order valence-electron chi connectivity index (χ4n) is 3.56. The summed E-state index contributed by atoms with van der Waals surface area (Å²) in [6.07, 6.45) is 4.97. The molecule has 1 heterocycles. The maximum Gasteiger partial charge on any atom is 0.224 e. The number of benzene rings is 1. The lowest BCUT2D eigenvalue weighted by Gasteiger charge is -2.31. The number of rotatable bonds is 0. The number of carbonyl (C=O) groups excluding carboxylic acids is 1. The van der Waals surface area contributed by atoms with E-state index in [2.05, 4.69) is 25.1 Å². The Balaban J connectivity index is 2.11. The fourth-order valence-corrected chi connectivity index (χ4v) is 3.56. The van der Waals surface area contributed by atoms with Gasteiger partial charge in [-0.25, -0.2) is 0 Å². The van der Waals surface area contributed by atoms with Crippen LogP contribution in [0.2, 0.25) is 0 Å². The van der Waals surface area contributed by atoms with Crippen molar-refractivity contribution >= 4 is 11.6 Å². The van der Waals surface area contributed by atoms with E-state index in [-0.39, 0.29) is 5.91 Å². The predicted molar refractivity (Wildman–Crippen MR) is 69.3 cm³/mol. The molecule has 0 spiro atoms. The van der Waals surface area contributed by atoms with E-state index in [0.29, 0.717) is 12.0 Å². The Labute approximate surface area is 103 Å². The zero-order valence-corrected chi connectivity index (χ0v) is 10.6. The Hall–Kier alpha value is -1.31. The van der Waals surface area contributed by atoms with E-state index in [9.17, 15) is 4.79 Å². The summed E-state index contributed by atoms with van der Waals surface area (Å²) in [4.78, 5) is 13.9. The molecule has 2 heteroatoms. The van der Waals surface area contributed by atoms with Gasteiger partial charge in [0.05, 0.1) is 0 Å². The molecule has 2 aliphatic rings. The summed E-state index contributed by atoms with van der Waals surface area (Å²) in [5.41, 5.74) is 3.88. The summed E-state index contributed by atoms with van der Waals surface area (Å²) in [7, 11) is 0. The second-order valence-corrected chi connectivity index (χ2v) is 5.41. The number of hydrogen-bond acceptors (Lipinski definition) is 1. The SMILES string of the molecule is CC(=O)N1c2ccc(C)cc2[C@H]2CCCC[C@H]21. The van der Waals surface area contributed by atoms with E-state index in [4.69, 9.17) is 0 Å². The maximum atomic E-state index is 11.9. The lowest BCUT2D eigenvalue weighted by molar-refractivity contribution is -0.117. The Morgan fingerprint density at radius 1 is 1.29 bits per heavy atom. The van der Waals surface area contributed by atoms with Crippen LogP contribution in [0.1, 0.15) is 49.7 Å².